The van der Waals surface area contributed by atoms with Crippen LogP contribution in [0, 0.1) is 28.6 Å². The largest absolute Gasteiger partial charge is 0.381 e. The second-order valence-electron chi connectivity index (χ2n) is 7.98. The van der Waals surface area contributed by atoms with Gasteiger partial charge in [0.15, 0.2) is 0 Å². The fourth-order valence-corrected chi connectivity index (χ4v) is 4.05. The van der Waals surface area contributed by atoms with Crippen LogP contribution in [0.25, 0.3) is 0 Å². The molecule has 2 aliphatic rings. The third-order valence-corrected chi connectivity index (χ3v) is 5.91. The van der Waals surface area contributed by atoms with Gasteiger partial charge in [0.05, 0.1) is 18.1 Å². The molecule has 7 nitrogen and oxygen atoms in total. The van der Waals surface area contributed by atoms with Crippen molar-refractivity contribution in [3.63, 3.8) is 0 Å². The second kappa shape index (κ2) is 10.4. The van der Waals surface area contributed by atoms with E-state index in [-0.39, 0.29) is 36.8 Å². The molecule has 0 aliphatic carbocycles. The van der Waals surface area contributed by atoms with Crippen molar-refractivity contribution in [2.24, 2.45) is 24.3 Å². The summed E-state index contributed by atoms with van der Waals surface area (Å²) in [5.74, 6) is 0.716. The van der Waals surface area contributed by atoms with Crippen LogP contribution in [0.15, 0.2) is 12.5 Å². The van der Waals surface area contributed by atoms with Crippen LogP contribution in [0.1, 0.15) is 32.4 Å². The molecule has 9 heteroatoms. The average Bonchev–Trinajstić information content (AvgIpc) is 3.22. The lowest BCUT2D eigenvalue weighted by molar-refractivity contribution is -0.133. The smallest absolute Gasteiger partial charge is 0.240 e. The van der Waals surface area contributed by atoms with Crippen LogP contribution in [0.2, 0.25) is 0 Å². The van der Waals surface area contributed by atoms with Crippen molar-refractivity contribution < 1.29 is 9.53 Å². The van der Waals surface area contributed by atoms with E-state index in [9.17, 15) is 10.1 Å². The maximum absolute atomic E-state index is 12.9. The number of aromatic nitrogens is 2. The standard InChI is InChI=1S/C19H29N5O2.2ClH/c1-14(2)16-10-24(9-15-8-21-13-23(15)3)11-17(16)22-18(25)19(12-20)4-6-26-7-5-19;;/h8,13-14,16-17H,4-7,9-11H2,1-3H3,(H,22,25);2*1H/t16-,17+;;/m1../s1. The number of halogens is 2. The molecule has 0 radical (unpaired) electrons. The number of carbonyl (C=O) groups is 1. The highest BCUT2D eigenvalue weighted by Crippen LogP contribution is 2.32. The first-order valence-corrected chi connectivity index (χ1v) is 9.43. The Balaban J connectivity index is 0.00000196. The van der Waals surface area contributed by atoms with Crippen LogP contribution in [0.5, 0.6) is 0 Å². The van der Waals surface area contributed by atoms with Gasteiger partial charge in [-0.15, -0.1) is 24.8 Å². The fourth-order valence-electron chi connectivity index (χ4n) is 4.05. The van der Waals surface area contributed by atoms with Gasteiger partial charge in [0.1, 0.15) is 5.41 Å². The van der Waals surface area contributed by atoms with E-state index < -0.39 is 5.41 Å². The van der Waals surface area contributed by atoms with Gasteiger partial charge in [0.2, 0.25) is 5.91 Å². The first-order chi connectivity index (χ1) is 12.4. The number of hydrogen-bond donors (Lipinski definition) is 1. The van der Waals surface area contributed by atoms with Crippen molar-refractivity contribution in [1.82, 2.24) is 19.8 Å². The Bertz CT molecular complexity index is 682. The third kappa shape index (κ3) is 5.18. The lowest BCUT2D eigenvalue weighted by atomic mass is 9.80. The summed E-state index contributed by atoms with van der Waals surface area (Å²) < 4.78 is 7.38. The Labute approximate surface area is 179 Å². The first-order valence-electron chi connectivity index (χ1n) is 9.43. The van der Waals surface area contributed by atoms with Gasteiger partial charge in [0.25, 0.3) is 0 Å². The zero-order valence-electron chi connectivity index (χ0n) is 16.8. The Morgan fingerprint density at radius 1 is 1.39 bits per heavy atom. The van der Waals surface area contributed by atoms with Crippen LogP contribution in [-0.4, -0.2) is 52.7 Å². The SMILES string of the molecule is CC(C)[C@H]1CN(Cc2cncn2C)C[C@@H]1NC(=O)C1(C#N)CCOCC1.Cl.Cl. The van der Waals surface area contributed by atoms with E-state index in [2.05, 4.69) is 35.1 Å². The Kier molecular flexibility index (Phi) is 9.22. The summed E-state index contributed by atoms with van der Waals surface area (Å²) in [6.07, 6.45) is 4.66. The zero-order valence-corrected chi connectivity index (χ0v) is 18.4. The van der Waals surface area contributed by atoms with Gasteiger partial charge in [-0.25, -0.2) is 4.98 Å². The summed E-state index contributed by atoms with van der Waals surface area (Å²) in [4.78, 5) is 19.5. The normalized spacial score (nSPS) is 24.1. The van der Waals surface area contributed by atoms with E-state index in [0.717, 1.165) is 25.3 Å². The molecule has 2 aliphatic heterocycles. The molecule has 0 aromatic carbocycles. The van der Waals surface area contributed by atoms with E-state index in [1.807, 2.05) is 24.1 Å². The van der Waals surface area contributed by atoms with Gasteiger partial charge in [-0.05, 0) is 24.7 Å². The van der Waals surface area contributed by atoms with Crippen LogP contribution >= 0.6 is 24.8 Å². The van der Waals surface area contributed by atoms with Gasteiger partial charge >= 0.3 is 0 Å². The van der Waals surface area contributed by atoms with Gasteiger partial charge in [-0.3, -0.25) is 9.69 Å². The van der Waals surface area contributed by atoms with E-state index in [0.29, 0.717) is 37.9 Å². The fraction of sp³-hybridized carbons (Fsp3) is 0.737. The average molecular weight is 432 g/mol. The minimum atomic E-state index is -0.935. The van der Waals surface area contributed by atoms with Gasteiger partial charge in [-0.1, -0.05) is 13.8 Å². The van der Waals surface area contributed by atoms with E-state index >= 15 is 0 Å². The quantitative estimate of drug-likeness (QED) is 0.771. The van der Waals surface area contributed by atoms with Crippen LogP contribution in [0.4, 0.5) is 0 Å². The van der Waals surface area contributed by atoms with Crippen LogP contribution in [0.3, 0.4) is 0 Å². The summed E-state index contributed by atoms with van der Waals surface area (Å²) in [5, 5.41) is 12.8. The van der Waals surface area contributed by atoms with Crippen molar-refractivity contribution in [2.45, 2.75) is 39.3 Å². The summed E-state index contributed by atoms with van der Waals surface area (Å²) in [6, 6.07) is 2.35. The van der Waals surface area contributed by atoms with E-state index in [4.69, 9.17) is 4.74 Å². The molecule has 2 saturated heterocycles. The maximum atomic E-state index is 12.9. The van der Waals surface area contributed by atoms with Gasteiger partial charge in [-0.2, -0.15) is 5.26 Å². The van der Waals surface area contributed by atoms with Crippen molar-refractivity contribution >= 4 is 30.7 Å². The molecule has 2 atom stereocenters. The van der Waals surface area contributed by atoms with Gasteiger partial charge in [0, 0.05) is 52.1 Å². The highest BCUT2D eigenvalue weighted by atomic mass is 35.5. The highest BCUT2D eigenvalue weighted by molar-refractivity contribution is 5.86. The van der Waals surface area contributed by atoms with Crippen molar-refractivity contribution in [1.29, 1.82) is 5.26 Å². The molecular formula is C19H31Cl2N5O2. The number of aryl methyl sites for hydroxylation is 1. The topological polar surface area (TPSA) is 83.2 Å². The number of imidazole rings is 1. The molecule has 0 saturated carbocycles. The molecule has 0 bridgehead atoms. The number of hydrogen-bond acceptors (Lipinski definition) is 5. The van der Waals surface area contributed by atoms with Crippen LogP contribution in [-0.2, 0) is 23.1 Å². The minimum absolute atomic E-state index is 0. The minimum Gasteiger partial charge on any atom is -0.381 e. The number of nitriles is 1. The molecule has 1 amide bonds. The Morgan fingerprint density at radius 2 is 2.07 bits per heavy atom. The predicted molar refractivity (Wildman–Crippen MR) is 111 cm³/mol. The maximum Gasteiger partial charge on any atom is 0.240 e. The molecule has 28 heavy (non-hydrogen) atoms. The van der Waals surface area contributed by atoms with Crippen LogP contribution < -0.4 is 5.32 Å². The molecular weight excluding hydrogens is 401 g/mol. The Hall–Kier alpha value is -1.33. The first kappa shape index (κ1) is 24.7. The molecule has 1 aromatic heterocycles. The molecule has 3 rings (SSSR count). The number of amides is 1. The lowest BCUT2D eigenvalue weighted by Crippen LogP contribution is -2.50. The number of ether oxygens (including phenoxy) is 1. The van der Waals surface area contributed by atoms with Crippen molar-refractivity contribution in [3.05, 3.63) is 18.2 Å². The molecule has 158 valence electrons. The van der Waals surface area contributed by atoms with Gasteiger partial charge < -0.3 is 14.6 Å². The lowest BCUT2D eigenvalue weighted by Gasteiger charge is -2.32. The monoisotopic (exact) mass is 431 g/mol. The molecule has 3 heterocycles. The van der Waals surface area contributed by atoms with E-state index in [1.54, 1.807) is 0 Å². The summed E-state index contributed by atoms with van der Waals surface area (Å²) in [7, 11) is 2.00. The number of rotatable bonds is 5. The van der Waals surface area contributed by atoms with E-state index in [1.165, 1.54) is 0 Å². The highest BCUT2D eigenvalue weighted by Gasteiger charge is 2.44. The summed E-state index contributed by atoms with van der Waals surface area (Å²) >= 11 is 0. The number of carbonyl (C=O) groups excluding carboxylic acids is 1. The zero-order chi connectivity index (χ0) is 18.7. The number of nitrogens with zero attached hydrogens (tertiary/aromatic N) is 4. The molecule has 2 fully saturated rings. The molecule has 1 N–H and O–H groups in total. The van der Waals surface area contributed by atoms with Crippen molar-refractivity contribution in [3.8, 4) is 6.07 Å². The molecule has 0 unspecified atom stereocenters. The second-order valence-corrected chi connectivity index (χ2v) is 7.98. The summed E-state index contributed by atoms with van der Waals surface area (Å²) in [5.41, 5.74) is 0.229. The number of likely N-dealkylation sites (tertiary alicyclic amines) is 1. The summed E-state index contributed by atoms with van der Waals surface area (Å²) in [6.45, 7) is 7.92. The molecule has 0 spiro atoms. The Morgan fingerprint density at radius 3 is 2.61 bits per heavy atom. The molecule has 1 aromatic rings. The number of nitrogens with one attached hydrogen (secondary N) is 1. The third-order valence-electron chi connectivity index (χ3n) is 5.91. The van der Waals surface area contributed by atoms with Crippen molar-refractivity contribution in [2.75, 3.05) is 26.3 Å². The predicted octanol–water partition coefficient (Wildman–Crippen LogP) is 2.16.